The third kappa shape index (κ3) is 4.80. The summed E-state index contributed by atoms with van der Waals surface area (Å²) >= 11 is 0. The Morgan fingerprint density at radius 2 is 1.80 bits per heavy atom. The van der Waals surface area contributed by atoms with Gasteiger partial charge in [0, 0.05) is 24.7 Å². The third-order valence-corrected chi connectivity index (χ3v) is 3.95. The summed E-state index contributed by atoms with van der Waals surface area (Å²) in [5.41, 5.74) is -2.42. The summed E-state index contributed by atoms with van der Waals surface area (Å²) in [4.78, 5) is 45.4. The molecule has 142 valence electrons. The van der Waals surface area contributed by atoms with E-state index in [1.807, 2.05) is 0 Å². The molecule has 0 unspecified atom stereocenters. The van der Waals surface area contributed by atoms with Crippen LogP contribution in [0.2, 0.25) is 0 Å². The van der Waals surface area contributed by atoms with Crippen molar-refractivity contribution in [1.29, 1.82) is 0 Å². The third-order valence-electron chi connectivity index (χ3n) is 3.95. The summed E-state index contributed by atoms with van der Waals surface area (Å²) in [7, 11) is 1.16. The van der Waals surface area contributed by atoms with Gasteiger partial charge in [0.1, 0.15) is 5.60 Å². The summed E-state index contributed by atoms with van der Waals surface area (Å²) in [5.74, 6) is -2.34. The van der Waals surface area contributed by atoms with E-state index in [4.69, 9.17) is 9.47 Å². The first-order valence-electron chi connectivity index (χ1n) is 7.67. The fourth-order valence-corrected chi connectivity index (χ4v) is 2.67. The Balaban J connectivity index is 3.03. The molecule has 0 spiro atoms. The number of amides is 1. The van der Waals surface area contributed by atoms with Crippen LogP contribution in [0.1, 0.15) is 34.6 Å². The molecule has 1 N–H and O–H groups in total. The molecule has 10 nitrogen and oxygen atoms in total. The van der Waals surface area contributed by atoms with Crippen molar-refractivity contribution in [3.63, 3.8) is 0 Å². The van der Waals surface area contributed by atoms with Crippen LogP contribution in [0.25, 0.3) is 0 Å². The summed E-state index contributed by atoms with van der Waals surface area (Å²) in [6, 6.07) is -0.800. The molecule has 1 amide bonds. The van der Waals surface area contributed by atoms with Crippen LogP contribution >= 0.6 is 0 Å². The van der Waals surface area contributed by atoms with Crippen LogP contribution < -0.4 is 5.32 Å². The Morgan fingerprint density at radius 1 is 1.24 bits per heavy atom. The van der Waals surface area contributed by atoms with Gasteiger partial charge < -0.3 is 19.5 Å². The number of carbonyl (C=O) groups excluding carboxylic acids is 3. The highest BCUT2D eigenvalue weighted by molar-refractivity contribution is 5.80. The quantitative estimate of drug-likeness (QED) is 0.233. The van der Waals surface area contributed by atoms with Crippen LogP contribution in [0.3, 0.4) is 0 Å². The molecule has 10 heteroatoms. The lowest BCUT2D eigenvalue weighted by atomic mass is 9.93. The second kappa shape index (κ2) is 7.24. The van der Waals surface area contributed by atoms with Crippen LogP contribution in [-0.4, -0.2) is 53.9 Å². The number of hydrogen-bond donors (Lipinski definition) is 1. The van der Waals surface area contributed by atoms with Crippen molar-refractivity contribution in [2.45, 2.75) is 57.9 Å². The largest absolute Gasteiger partial charge is 0.469 e. The molecule has 1 saturated carbocycles. The van der Waals surface area contributed by atoms with Crippen molar-refractivity contribution in [3.8, 4) is 0 Å². The number of nitro groups is 1. The van der Waals surface area contributed by atoms with Gasteiger partial charge in [0.25, 0.3) is 12.0 Å². The SMILES string of the molecule is COC(=O)[C@@H]1[C@@H](NC(=O)OC(C)(C)C)[C@H]1[C@@H](OC=O)C(C)(C)[N+](=O)[O-]. The van der Waals surface area contributed by atoms with Gasteiger partial charge in [0.05, 0.1) is 19.1 Å². The van der Waals surface area contributed by atoms with Crippen LogP contribution in [-0.2, 0) is 23.8 Å². The van der Waals surface area contributed by atoms with E-state index in [0.29, 0.717) is 0 Å². The molecular formula is C15H24N2O8. The maximum atomic E-state index is 11.9. The van der Waals surface area contributed by atoms with Crippen molar-refractivity contribution in [2.75, 3.05) is 7.11 Å². The van der Waals surface area contributed by atoms with E-state index in [2.05, 4.69) is 10.1 Å². The molecule has 0 radical (unpaired) electrons. The molecule has 0 aromatic carbocycles. The first kappa shape index (κ1) is 20.7. The zero-order valence-electron chi connectivity index (χ0n) is 15.1. The van der Waals surface area contributed by atoms with Gasteiger partial charge >= 0.3 is 12.1 Å². The molecule has 0 aliphatic heterocycles. The van der Waals surface area contributed by atoms with Gasteiger partial charge in [-0.25, -0.2) is 4.79 Å². The second-order valence-electron chi connectivity index (χ2n) is 7.36. The van der Waals surface area contributed by atoms with Gasteiger partial charge in [-0.1, -0.05) is 0 Å². The van der Waals surface area contributed by atoms with Crippen molar-refractivity contribution >= 4 is 18.5 Å². The number of methoxy groups -OCH3 is 1. The molecule has 0 saturated heterocycles. The van der Waals surface area contributed by atoms with E-state index in [0.717, 1.165) is 7.11 Å². The van der Waals surface area contributed by atoms with Crippen LogP contribution in [0.15, 0.2) is 0 Å². The smallest absolute Gasteiger partial charge is 0.407 e. The predicted molar refractivity (Wildman–Crippen MR) is 84.2 cm³/mol. The highest BCUT2D eigenvalue weighted by atomic mass is 16.6. The lowest BCUT2D eigenvalue weighted by molar-refractivity contribution is -0.573. The number of rotatable bonds is 7. The van der Waals surface area contributed by atoms with Crippen molar-refractivity contribution in [2.24, 2.45) is 11.8 Å². The molecule has 0 aromatic rings. The Labute approximate surface area is 145 Å². The zero-order chi connectivity index (χ0) is 19.6. The fourth-order valence-electron chi connectivity index (χ4n) is 2.67. The monoisotopic (exact) mass is 360 g/mol. The number of ether oxygens (including phenoxy) is 3. The predicted octanol–water partition coefficient (Wildman–Crippen LogP) is 0.896. The molecular weight excluding hydrogens is 336 g/mol. The normalized spacial score (nSPS) is 23.8. The molecule has 1 aliphatic carbocycles. The zero-order valence-corrected chi connectivity index (χ0v) is 15.1. The lowest BCUT2D eigenvalue weighted by Crippen LogP contribution is -2.48. The number of alkyl carbamates (subject to hydrolysis) is 1. The number of carbonyl (C=O) groups is 3. The first-order valence-corrected chi connectivity index (χ1v) is 7.67. The van der Waals surface area contributed by atoms with E-state index in [1.165, 1.54) is 13.8 Å². The molecule has 4 atom stereocenters. The summed E-state index contributed by atoms with van der Waals surface area (Å²) in [5, 5.41) is 13.8. The number of nitrogens with one attached hydrogen (secondary N) is 1. The minimum atomic E-state index is -1.66. The standard InChI is InChI=1S/C15H24N2O8/c1-14(2,3)25-13(20)16-10-8(9(10)12(19)23-6)11(24-7-18)15(4,5)17(21)22/h7-11H,1-6H3,(H,16,20)/t8-,9-,10-,11+/m0/s1. The fraction of sp³-hybridized carbons (Fsp3) is 0.800. The van der Waals surface area contributed by atoms with E-state index in [1.54, 1.807) is 20.8 Å². The average Bonchev–Trinajstić information content (AvgIpc) is 3.14. The van der Waals surface area contributed by atoms with E-state index in [9.17, 15) is 24.5 Å². The minimum absolute atomic E-state index is 0.0904. The van der Waals surface area contributed by atoms with E-state index in [-0.39, 0.29) is 6.47 Å². The topological polar surface area (TPSA) is 134 Å². The summed E-state index contributed by atoms with van der Waals surface area (Å²) in [6.45, 7) is 7.65. The number of nitrogens with zero attached hydrogens (tertiary/aromatic N) is 1. The van der Waals surface area contributed by atoms with E-state index >= 15 is 0 Å². The lowest BCUT2D eigenvalue weighted by Gasteiger charge is -2.25. The molecule has 1 rings (SSSR count). The Hall–Kier alpha value is -2.39. The molecule has 0 bridgehead atoms. The number of esters is 1. The second-order valence-corrected chi connectivity index (χ2v) is 7.36. The summed E-state index contributed by atoms with van der Waals surface area (Å²) in [6.07, 6.45) is -2.01. The Bertz CT molecular complexity index is 554. The van der Waals surface area contributed by atoms with E-state index < -0.39 is 52.1 Å². The van der Waals surface area contributed by atoms with Gasteiger partial charge in [-0.15, -0.1) is 0 Å². The Kier molecular flexibility index (Phi) is 5.98. The van der Waals surface area contributed by atoms with Crippen molar-refractivity contribution in [1.82, 2.24) is 5.32 Å². The number of hydrogen-bond acceptors (Lipinski definition) is 8. The molecule has 0 heterocycles. The average molecular weight is 360 g/mol. The van der Waals surface area contributed by atoms with Crippen molar-refractivity contribution in [3.05, 3.63) is 10.1 Å². The first-order chi connectivity index (χ1) is 11.4. The molecule has 0 aromatic heterocycles. The van der Waals surface area contributed by atoms with Gasteiger partial charge in [-0.05, 0) is 20.8 Å². The molecule has 1 aliphatic rings. The highest BCUT2D eigenvalue weighted by Gasteiger charge is 2.67. The van der Waals surface area contributed by atoms with Gasteiger partial charge in [0.15, 0.2) is 6.10 Å². The van der Waals surface area contributed by atoms with Gasteiger partial charge in [-0.3, -0.25) is 19.7 Å². The Morgan fingerprint density at radius 3 is 2.20 bits per heavy atom. The highest BCUT2D eigenvalue weighted by Crippen LogP contribution is 2.47. The molecule has 25 heavy (non-hydrogen) atoms. The maximum Gasteiger partial charge on any atom is 0.407 e. The van der Waals surface area contributed by atoms with Crippen LogP contribution in [0, 0.1) is 22.0 Å². The summed E-state index contributed by atoms with van der Waals surface area (Å²) < 4.78 is 14.7. The maximum absolute atomic E-state index is 11.9. The van der Waals surface area contributed by atoms with Crippen molar-refractivity contribution < 1.29 is 33.5 Å². The van der Waals surface area contributed by atoms with Gasteiger partial charge in [-0.2, -0.15) is 0 Å². The molecule has 1 fully saturated rings. The van der Waals surface area contributed by atoms with Gasteiger partial charge in [0.2, 0.25) is 0 Å². The van der Waals surface area contributed by atoms with Crippen LogP contribution in [0.4, 0.5) is 4.79 Å². The van der Waals surface area contributed by atoms with Crippen LogP contribution in [0.5, 0.6) is 0 Å². The minimum Gasteiger partial charge on any atom is -0.469 e.